The lowest BCUT2D eigenvalue weighted by molar-refractivity contribution is 0.360. The van der Waals surface area contributed by atoms with Crippen LogP contribution in [-0.2, 0) is 6.42 Å². The zero-order valence-electron chi connectivity index (χ0n) is 16.9. The highest BCUT2D eigenvalue weighted by Gasteiger charge is 2.14. The lowest BCUT2D eigenvalue weighted by Gasteiger charge is -2.23. The lowest BCUT2D eigenvalue weighted by atomic mass is 10.1. The van der Waals surface area contributed by atoms with Gasteiger partial charge in [0.05, 0.1) is 11.2 Å². The molecule has 0 saturated carbocycles. The standard InChI is InChI=1S/C22H28N4OS/c1-16(2)13-19-14-20-21(28-19)22(27)26(15-23-20)18-7-5-17(6-8-18)25-10-4-9-24(3)11-12-25/h5-8,14-16H,4,9-13H2,1-3H3. The molecular weight excluding hydrogens is 368 g/mol. The molecule has 3 aromatic rings. The molecule has 148 valence electrons. The number of thiophene rings is 1. The first-order valence-electron chi connectivity index (χ1n) is 10.1. The molecule has 3 heterocycles. The van der Waals surface area contributed by atoms with E-state index in [1.165, 1.54) is 17.0 Å². The van der Waals surface area contributed by atoms with Crippen molar-refractivity contribution >= 4 is 27.2 Å². The highest BCUT2D eigenvalue weighted by Crippen LogP contribution is 2.24. The second-order valence-corrected chi connectivity index (χ2v) is 9.24. The maximum atomic E-state index is 13.0. The van der Waals surface area contributed by atoms with Crippen molar-refractivity contribution in [1.29, 1.82) is 0 Å². The molecule has 5 nitrogen and oxygen atoms in total. The third kappa shape index (κ3) is 3.98. The van der Waals surface area contributed by atoms with Gasteiger partial charge in [-0.15, -0.1) is 11.3 Å². The molecule has 1 aliphatic rings. The molecule has 0 atom stereocenters. The van der Waals surface area contributed by atoms with E-state index in [1.807, 2.05) is 12.1 Å². The lowest BCUT2D eigenvalue weighted by Crippen LogP contribution is -2.28. The van der Waals surface area contributed by atoms with Crippen molar-refractivity contribution in [3.05, 3.63) is 51.9 Å². The van der Waals surface area contributed by atoms with Gasteiger partial charge in [-0.05, 0) is 62.7 Å². The Balaban J connectivity index is 1.61. The van der Waals surface area contributed by atoms with Gasteiger partial charge >= 0.3 is 0 Å². The number of aromatic nitrogens is 2. The van der Waals surface area contributed by atoms with Gasteiger partial charge in [-0.1, -0.05) is 13.8 Å². The molecule has 0 spiro atoms. The molecule has 1 fully saturated rings. The van der Waals surface area contributed by atoms with E-state index in [4.69, 9.17) is 0 Å². The summed E-state index contributed by atoms with van der Waals surface area (Å²) in [5, 5.41) is 0. The summed E-state index contributed by atoms with van der Waals surface area (Å²) in [5.41, 5.74) is 2.92. The first kappa shape index (κ1) is 19.2. The van der Waals surface area contributed by atoms with Gasteiger partial charge < -0.3 is 9.80 Å². The molecule has 1 saturated heterocycles. The number of hydrogen-bond donors (Lipinski definition) is 0. The van der Waals surface area contributed by atoms with Crippen molar-refractivity contribution < 1.29 is 0 Å². The first-order valence-corrected chi connectivity index (χ1v) is 10.9. The summed E-state index contributed by atoms with van der Waals surface area (Å²) in [7, 11) is 2.18. The summed E-state index contributed by atoms with van der Waals surface area (Å²) in [5.74, 6) is 0.571. The fraction of sp³-hybridized carbons (Fsp3) is 0.455. The summed E-state index contributed by atoms with van der Waals surface area (Å²) in [6, 6.07) is 10.4. The third-order valence-electron chi connectivity index (χ3n) is 5.31. The Morgan fingerprint density at radius 2 is 1.82 bits per heavy atom. The van der Waals surface area contributed by atoms with Crippen LogP contribution in [0.15, 0.2) is 41.5 Å². The Kier molecular flexibility index (Phi) is 5.51. The molecule has 1 aliphatic heterocycles. The summed E-state index contributed by atoms with van der Waals surface area (Å²) >= 11 is 1.58. The predicted octanol–water partition coefficient (Wildman–Crippen LogP) is 3.79. The minimum absolute atomic E-state index is 0.0224. The van der Waals surface area contributed by atoms with Crippen LogP contribution in [0.2, 0.25) is 0 Å². The van der Waals surface area contributed by atoms with Crippen LogP contribution >= 0.6 is 11.3 Å². The Morgan fingerprint density at radius 3 is 2.57 bits per heavy atom. The molecule has 0 radical (unpaired) electrons. The molecule has 0 aliphatic carbocycles. The van der Waals surface area contributed by atoms with Crippen molar-refractivity contribution in [3.8, 4) is 5.69 Å². The van der Waals surface area contributed by atoms with Gasteiger partial charge in [0, 0.05) is 30.2 Å². The minimum atomic E-state index is 0.0224. The van der Waals surface area contributed by atoms with Crippen molar-refractivity contribution in [1.82, 2.24) is 14.5 Å². The Bertz CT molecular complexity index is 1010. The largest absolute Gasteiger partial charge is 0.370 e. The Hall–Kier alpha value is -2.18. The molecule has 6 heteroatoms. The predicted molar refractivity (Wildman–Crippen MR) is 118 cm³/mol. The molecule has 4 rings (SSSR count). The molecule has 28 heavy (non-hydrogen) atoms. The van der Waals surface area contributed by atoms with Crippen LogP contribution in [0.25, 0.3) is 15.9 Å². The number of rotatable bonds is 4. The van der Waals surface area contributed by atoms with Crippen LogP contribution in [0.5, 0.6) is 0 Å². The summed E-state index contributed by atoms with van der Waals surface area (Å²) < 4.78 is 2.41. The van der Waals surface area contributed by atoms with E-state index in [0.29, 0.717) is 5.92 Å². The zero-order valence-corrected chi connectivity index (χ0v) is 17.7. The Labute approximate surface area is 170 Å². The Morgan fingerprint density at radius 1 is 1.07 bits per heavy atom. The van der Waals surface area contributed by atoms with Gasteiger partial charge in [0.15, 0.2) is 0 Å². The molecule has 0 amide bonds. The molecule has 0 N–H and O–H groups in total. The normalized spacial score (nSPS) is 16.1. The van der Waals surface area contributed by atoms with Crippen LogP contribution in [0, 0.1) is 5.92 Å². The van der Waals surface area contributed by atoms with E-state index in [-0.39, 0.29) is 5.56 Å². The van der Waals surface area contributed by atoms with Crippen LogP contribution in [0.3, 0.4) is 0 Å². The van der Waals surface area contributed by atoms with Crippen molar-refractivity contribution in [3.63, 3.8) is 0 Å². The third-order valence-corrected chi connectivity index (χ3v) is 6.45. The average Bonchev–Trinajstić information content (AvgIpc) is 2.95. The van der Waals surface area contributed by atoms with Crippen molar-refractivity contribution in [2.24, 2.45) is 5.92 Å². The SMILES string of the molecule is CC(C)Cc1cc2ncn(-c3ccc(N4CCCN(C)CC4)cc3)c(=O)c2s1. The quantitative estimate of drug-likeness (QED) is 0.673. The molecule has 0 bridgehead atoms. The zero-order chi connectivity index (χ0) is 19.7. The summed E-state index contributed by atoms with van der Waals surface area (Å²) in [6.07, 6.45) is 3.82. The maximum Gasteiger partial charge on any atom is 0.275 e. The smallest absolute Gasteiger partial charge is 0.275 e. The van der Waals surface area contributed by atoms with Crippen molar-refractivity contribution in [2.75, 3.05) is 38.1 Å². The first-order chi connectivity index (χ1) is 13.5. The van der Waals surface area contributed by atoms with E-state index < -0.39 is 0 Å². The van der Waals surface area contributed by atoms with Crippen LogP contribution in [0.4, 0.5) is 5.69 Å². The van der Waals surface area contributed by atoms with Crippen LogP contribution in [-0.4, -0.2) is 47.7 Å². The molecular formula is C22H28N4OS. The highest BCUT2D eigenvalue weighted by molar-refractivity contribution is 7.18. The number of benzene rings is 1. The van der Waals surface area contributed by atoms with E-state index in [9.17, 15) is 4.79 Å². The van der Waals surface area contributed by atoms with Gasteiger partial charge in [-0.2, -0.15) is 0 Å². The second kappa shape index (κ2) is 8.05. The molecule has 2 aromatic heterocycles. The average molecular weight is 397 g/mol. The summed E-state index contributed by atoms with van der Waals surface area (Å²) in [4.78, 5) is 23.6. The van der Waals surface area contributed by atoms with E-state index >= 15 is 0 Å². The molecule has 1 aromatic carbocycles. The highest BCUT2D eigenvalue weighted by atomic mass is 32.1. The van der Waals surface area contributed by atoms with Gasteiger partial charge in [-0.3, -0.25) is 9.36 Å². The summed E-state index contributed by atoms with van der Waals surface area (Å²) in [6.45, 7) is 8.73. The molecule has 0 unspecified atom stereocenters. The fourth-order valence-electron chi connectivity index (χ4n) is 3.78. The number of hydrogen-bond acceptors (Lipinski definition) is 5. The number of anilines is 1. The van der Waals surface area contributed by atoms with E-state index in [0.717, 1.165) is 48.5 Å². The van der Waals surface area contributed by atoms with E-state index in [1.54, 1.807) is 22.2 Å². The monoisotopic (exact) mass is 396 g/mol. The second-order valence-electron chi connectivity index (χ2n) is 8.11. The van der Waals surface area contributed by atoms with Crippen molar-refractivity contribution in [2.45, 2.75) is 26.7 Å². The number of nitrogens with zero attached hydrogens (tertiary/aromatic N) is 4. The van der Waals surface area contributed by atoms with E-state index in [2.05, 4.69) is 53.9 Å². The van der Waals surface area contributed by atoms with Gasteiger partial charge in [0.25, 0.3) is 5.56 Å². The van der Waals surface area contributed by atoms with Gasteiger partial charge in [0.2, 0.25) is 0 Å². The van der Waals surface area contributed by atoms with Crippen LogP contribution < -0.4 is 10.5 Å². The fourth-order valence-corrected chi connectivity index (χ4v) is 5.03. The van der Waals surface area contributed by atoms with Gasteiger partial charge in [0.1, 0.15) is 11.0 Å². The van der Waals surface area contributed by atoms with Crippen LogP contribution in [0.1, 0.15) is 25.1 Å². The minimum Gasteiger partial charge on any atom is -0.370 e. The number of likely N-dealkylation sites (N-methyl/N-ethyl adjacent to an activating group) is 1. The van der Waals surface area contributed by atoms with Gasteiger partial charge in [-0.25, -0.2) is 4.98 Å². The number of fused-ring (bicyclic) bond motifs is 1. The topological polar surface area (TPSA) is 41.4 Å². The maximum absolute atomic E-state index is 13.0.